The topological polar surface area (TPSA) is 111 Å². The van der Waals surface area contributed by atoms with Gasteiger partial charge in [-0.25, -0.2) is 19.6 Å². The van der Waals surface area contributed by atoms with Gasteiger partial charge in [0.25, 0.3) is 5.91 Å². The lowest BCUT2D eigenvalue weighted by Gasteiger charge is -2.15. The van der Waals surface area contributed by atoms with Crippen LogP contribution in [0.3, 0.4) is 0 Å². The van der Waals surface area contributed by atoms with Crippen molar-refractivity contribution in [3.8, 4) is 11.7 Å². The molecule has 10 nitrogen and oxygen atoms in total. The zero-order valence-electron chi connectivity index (χ0n) is 16.2. The van der Waals surface area contributed by atoms with Gasteiger partial charge in [0.2, 0.25) is 11.8 Å². The Kier molecular flexibility index (Phi) is 5.59. The molecule has 10 heteroatoms. The summed E-state index contributed by atoms with van der Waals surface area (Å²) in [5, 5.41) is 6.95. The van der Waals surface area contributed by atoms with Crippen molar-refractivity contribution < 1.29 is 9.53 Å². The Morgan fingerprint density at radius 3 is 2.86 bits per heavy atom. The molecule has 1 N–H and O–H groups in total. The van der Waals surface area contributed by atoms with Crippen molar-refractivity contribution in [2.75, 3.05) is 24.6 Å². The molecule has 3 aromatic heterocycles. The summed E-state index contributed by atoms with van der Waals surface area (Å²) in [6, 6.07) is 5.23. The zero-order chi connectivity index (χ0) is 20.1. The first-order chi connectivity index (χ1) is 14.2. The second kappa shape index (κ2) is 8.63. The lowest BCUT2D eigenvalue weighted by atomic mass is 10.4. The van der Waals surface area contributed by atoms with E-state index in [-0.39, 0.29) is 12.5 Å². The molecule has 0 saturated carbocycles. The van der Waals surface area contributed by atoms with Crippen LogP contribution in [0.4, 0.5) is 5.95 Å². The van der Waals surface area contributed by atoms with Crippen molar-refractivity contribution in [2.45, 2.75) is 26.3 Å². The first kappa shape index (κ1) is 18.8. The predicted octanol–water partition coefficient (Wildman–Crippen LogP) is 1.06. The van der Waals surface area contributed by atoms with Gasteiger partial charge in [-0.3, -0.25) is 4.79 Å². The molecule has 1 fully saturated rings. The molecular weight excluding hydrogens is 372 g/mol. The number of carbonyl (C=O) groups is 1. The highest BCUT2D eigenvalue weighted by atomic mass is 16.5. The third kappa shape index (κ3) is 4.84. The number of aromatic nitrogens is 6. The molecule has 0 aromatic carbocycles. The van der Waals surface area contributed by atoms with Crippen LogP contribution in [0.25, 0.3) is 5.82 Å². The molecule has 0 aliphatic carbocycles. The first-order valence-corrected chi connectivity index (χ1v) is 9.49. The largest absolute Gasteiger partial charge is 0.467 e. The van der Waals surface area contributed by atoms with Crippen LogP contribution < -0.4 is 15.0 Å². The van der Waals surface area contributed by atoms with Crippen LogP contribution >= 0.6 is 0 Å². The number of amides is 1. The van der Waals surface area contributed by atoms with Gasteiger partial charge in [0.1, 0.15) is 5.82 Å². The molecule has 1 aliphatic rings. The number of anilines is 1. The normalized spacial score (nSPS) is 13.5. The summed E-state index contributed by atoms with van der Waals surface area (Å²) in [4.78, 5) is 31.7. The van der Waals surface area contributed by atoms with E-state index >= 15 is 0 Å². The maximum atomic E-state index is 12.2. The highest BCUT2D eigenvalue weighted by Crippen LogP contribution is 2.15. The minimum absolute atomic E-state index is 0.154. The van der Waals surface area contributed by atoms with Gasteiger partial charge >= 0.3 is 0 Å². The van der Waals surface area contributed by atoms with E-state index in [0.29, 0.717) is 30.0 Å². The molecule has 0 unspecified atom stereocenters. The highest BCUT2D eigenvalue weighted by Gasteiger charge is 2.15. The van der Waals surface area contributed by atoms with Crippen molar-refractivity contribution >= 4 is 11.9 Å². The molecule has 1 aliphatic heterocycles. The Labute approximate surface area is 168 Å². The molecule has 1 saturated heterocycles. The molecule has 4 heterocycles. The van der Waals surface area contributed by atoms with E-state index in [2.05, 4.69) is 35.3 Å². The Morgan fingerprint density at radius 2 is 2.07 bits per heavy atom. The van der Waals surface area contributed by atoms with Crippen LogP contribution in [0.15, 0.2) is 36.8 Å². The Balaban J connectivity index is 1.31. The molecule has 0 bridgehead atoms. The van der Waals surface area contributed by atoms with E-state index in [1.807, 2.05) is 0 Å². The number of nitrogens with one attached hydrogen (secondary N) is 1. The van der Waals surface area contributed by atoms with Crippen molar-refractivity contribution in [1.29, 1.82) is 0 Å². The summed E-state index contributed by atoms with van der Waals surface area (Å²) < 4.78 is 7.14. The van der Waals surface area contributed by atoms with Crippen LogP contribution in [0.2, 0.25) is 0 Å². The Bertz CT molecular complexity index is 970. The minimum atomic E-state index is -0.261. The second-order valence-electron chi connectivity index (χ2n) is 6.67. The molecule has 150 valence electrons. The smallest absolute Gasteiger partial charge is 0.258 e. The van der Waals surface area contributed by atoms with Gasteiger partial charge < -0.3 is 15.0 Å². The van der Waals surface area contributed by atoms with E-state index < -0.39 is 0 Å². The van der Waals surface area contributed by atoms with Crippen LogP contribution in [-0.2, 0) is 11.3 Å². The average Bonchev–Trinajstić information content (AvgIpc) is 3.45. The van der Waals surface area contributed by atoms with Gasteiger partial charge in [0.15, 0.2) is 12.4 Å². The van der Waals surface area contributed by atoms with Crippen molar-refractivity contribution in [2.24, 2.45) is 0 Å². The van der Waals surface area contributed by atoms with Gasteiger partial charge in [-0.15, -0.1) is 0 Å². The molecule has 1 amide bonds. The monoisotopic (exact) mass is 394 g/mol. The van der Waals surface area contributed by atoms with E-state index in [0.717, 1.165) is 31.6 Å². The fraction of sp³-hybridized carbons (Fsp3) is 0.368. The van der Waals surface area contributed by atoms with E-state index in [1.165, 1.54) is 0 Å². The fourth-order valence-electron chi connectivity index (χ4n) is 3.05. The van der Waals surface area contributed by atoms with E-state index in [9.17, 15) is 4.79 Å². The number of rotatable bonds is 7. The zero-order valence-corrected chi connectivity index (χ0v) is 16.2. The van der Waals surface area contributed by atoms with Gasteiger partial charge in [-0.2, -0.15) is 10.1 Å². The SMILES string of the molecule is Cc1nc(OCC(=O)NCc2ccnc(N3CCCC3)n2)cc(-n2cccn2)n1. The number of hydrogen-bond acceptors (Lipinski definition) is 8. The van der Waals surface area contributed by atoms with E-state index in [4.69, 9.17) is 4.74 Å². The summed E-state index contributed by atoms with van der Waals surface area (Å²) in [6.45, 7) is 3.87. The molecule has 29 heavy (non-hydrogen) atoms. The Hall–Kier alpha value is -3.56. The van der Waals surface area contributed by atoms with Crippen molar-refractivity contribution in [1.82, 2.24) is 35.0 Å². The molecule has 0 spiro atoms. The first-order valence-electron chi connectivity index (χ1n) is 9.49. The van der Waals surface area contributed by atoms with E-state index in [1.54, 1.807) is 48.4 Å². The maximum Gasteiger partial charge on any atom is 0.258 e. The third-order valence-corrected chi connectivity index (χ3v) is 4.45. The lowest BCUT2D eigenvalue weighted by Crippen LogP contribution is -2.29. The number of ether oxygens (including phenoxy) is 1. The minimum Gasteiger partial charge on any atom is -0.467 e. The molecular formula is C19H22N8O2. The van der Waals surface area contributed by atoms with Gasteiger partial charge in [0, 0.05) is 37.7 Å². The van der Waals surface area contributed by atoms with Crippen LogP contribution in [0, 0.1) is 6.92 Å². The lowest BCUT2D eigenvalue weighted by molar-refractivity contribution is -0.123. The second-order valence-corrected chi connectivity index (χ2v) is 6.67. The third-order valence-electron chi connectivity index (χ3n) is 4.45. The summed E-state index contributed by atoms with van der Waals surface area (Å²) in [5.74, 6) is 1.88. The summed E-state index contributed by atoms with van der Waals surface area (Å²) in [5.41, 5.74) is 0.758. The maximum absolute atomic E-state index is 12.2. The Morgan fingerprint density at radius 1 is 1.21 bits per heavy atom. The predicted molar refractivity (Wildman–Crippen MR) is 105 cm³/mol. The van der Waals surface area contributed by atoms with Crippen LogP contribution in [0.1, 0.15) is 24.4 Å². The van der Waals surface area contributed by atoms with Gasteiger partial charge in [0.05, 0.1) is 12.2 Å². The fourth-order valence-corrected chi connectivity index (χ4v) is 3.05. The average molecular weight is 394 g/mol. The van der Waals surface area contributed by atoms with Crippen LogP contribution in [-0.4, -0.2) is 55.3 Å². The summed E-state index contributed by atoms with van der Waals surface area (Å²) in [7, 11) is 0. The quantitative estimate of drug-likeness (QED) is 0.633. The number of carbonyl (C=O) groups excluding carboxylic acids is 1. The number of aryl methyl sites for hydroxylation is 1. The van der Waals surface area contributed by atoms with Crippen molar-refractivity contribution in [3.05, 3.63) is 48.3 Å². The standard InChI is InChI=1S/C19H22N8O2/c1-14-23-16(27-10-4-6-22-27)11-18(24-14)29-13-17(28)21-12-15-5-7-20-19(25-15)26-8-2-3-9-26/h4-7,10-11H,2-3,8-9,12-13H2,1H3,(H,21,28). The van der Waals surface area contributed by atoms with Gasteiger partial charge in [-0.1, -0.05) is 0 Å². The molecule has 3 aromatic rings. The summed E-state index contributed by atoms with van der Waals surface area (Å²) in [6.07, 6.45) is 7.47. The number of hydrogen-bond donors (Lipinski definition) is 1. The highest BCUT2D eigenvalue weighted by molar-refractivity contribution is 5.77. The molecule has 0 atom stereocenters. The number of nitrogens with zero attached hydrogens (tertiary/aromatic N) is 7. The van der Waals surface area contributed by atoms with Crippen LogP contribution in [0.5, 0.6) is 5.88 Å². The molecule has 0 radical (unpaired) electrons. The van der Waals surface area contributed by atoms with Gasteiger partial charge in [-0.05, 0) is 31.9 Å². The van der Waals surface area contributed by atoms with Crippen molar-refractivity contribution in [3.63, 3.8) is 0 Å². The summed E-state index contributed by atoms with van der Waals surface area (Å²) >= 11 is 0. The molecule has 4 rings (SSSR count).